The van der Waals surface area contributed by atoms with Crippen molar-refractivity contribution in [1.82, 2.24) is 0 Å². The summed E-state index contributed by atoms with van der Waals surface area (Å²) in [6, 6.07) is 5.77. The van der Waals surface area contributed by atoms with E-state index in [0.29, 0.717) is 18.1 Å². The largest absolute Gasteiger partial charge is 0.493 e. The highest BCUT2D eigenvalue weighted by molar-refractivity contribution is 6.21. The van der Waals surface area contributed by atoms with Crippen LogP contribution in [0.25, 0.3) is 0 Å². The van der Waals surface area contributed by atoms with E-state index in [1.165, 1.54) is 0 Å². The minimum Gasteiger partial charge on any atom is -0.493 e. The lowest BCUT2D eigenvalue weighted by molar-refractivity contribution is 0.144. The van der Waals surface area contributed by atoms with Crippen LogP contribution in [0.5, 0.6) is 11.5 Å². The predicted molar refractivity (Wildman–Crippen MR) is 72.3 cm³/mol. The van der Waals surface area contributed by atoms with E-state index in [4.69, 9.17) is 25.8 Å². The van der Waals surface area contributed by atoms with Crippen LogP contribution >= 0.6 is 11.6 Å². The van der Waals surface area contributed by atoms with Crippen molar-refractivity contribution in [2.45, 2.75) is 18.9 Å². The number of ether oxygens (including phenoxy) is 3. The monoisotopic (exact) mass is 268 g/mol. The molecule has 98 valence electrons. The molecule has 0 N–H and O–H groups in total. The van der Waals surface area contributed by atoms with Crippen LogP contribution in [0.15, 0.2) is 18.2 Å². The molecule has 0 bridgehead atoms. The average Bonchev–Trinajstić information content (AvgIpc) is 2.38. The van der Waals surface area contributed by atoms with Gasteiger partial charge < -0.3 is 14.2 Å². The maximum Gasteiger partial charge on any atom is 0.192 e. The lowest BCUT2D eigenvalue weighted by atomic mass is 10.1. The molecule has 18 heavy (non-hydrogen) atoms. The molecule has 0 spiro atoms. The summed E-state index contributed by atoms with van der Waals surface area (Å²) in [7, 11) is 3.23. The van der Waals surface area contributed by atoms with Gasteiger partial charge in [0, 0.05) is 0 Å². The van der Waals surface area contributed by atoms with Gasteiger partial charge in [-0.2, -0.15) is 0 Å². The summed E-state index contributed by atoms with van der Waals surface area (Å²) in [6.07, 6.45) is 0.745. The Morgan fingerprint density at radius 3 is 2.56 bits per heavy atom. The van der Waals surface area contributed by atoms with Crippen molar-refractivity contribution in [2.75, 3.05) is 20.8 Å². The second kappa shape index (κ2) is 7.86. The lowest BCUT2D eigenvalue weighted by Crippen LogP contribution is -2.06. The molecule has 1 aromatic carbocycles. The maximum atomic E-state index is 5.81. The smallest absolute Gasteiger partial charge is 0.192 e. The maximum absolute atomic E-state index is 5.81. The topological polar surface area (TPSA) is 27.7 Å². The summed E-state index contributed by atoms with van der Waals surface area (Å²) >= 11 is 5.81. The SMILES string of the molecule is CC#CC(Cl)OCCc1ccc(OC)c(OC)c1. The molecule has 4 heteroatoms. The fourth-order valence-corrected chi connectivity index (χ4v) is 1.67. The van der Waals surface area contributed by atoms with Crippen LogP contribution in [0.4, 0.5) is 0 Å². The van der Waals surface area contributed by atoms with E-state index in [2.05, 4.69) is 11.8 Å². The number of benzene rings is 1. The first-order chi connectivity index (χ1) is 8.71. The molecule has 0 aliphatic heterocycles. The van der Waals surface area contributed by atoms with Crippen molar-refractivity contribution >= 4 is 11.6 Å². The molecule has 0 fully saturated rings. The van der Waals surface area contributed by atoms with Crippen molar-refractivity contribution in [1.29, 1.82) is 0 Å². The van der Waals surface area contributed by atoms with E-state index >= 15 is 0 Å². The van der Waals surface area contributed by atoms with Crippen LogP contribution in [0.2, 0.25) is 0 Å². The van der Waals surface area contributed by atoms with Crippen molar-refractivity contribution < 1.29 is 14.2 Å². The van der Waals surface area contributed by atoms with Gasteiger partial charge in [-0.1, -0.05) is 23.6 Å². The summed E-state index contributed by atoms with van der Waals surface area (Å²) in [6.45, 7) is 2.24. The molecular formula is C14H17ClO3. The van der Waals surface area contributed by atoms with Crippen LogP contribution in [0, 0.1) is 11.8 Å². The first-order valence-corrected chi connectivity index (χ1v) is 6.03. The Balaban J connectivity index is 2.54. The van der Waals surface area contributed by atoms with Gasteiger partial charge in [0.15, 0.2) is 17.1 Å². The van der Waals surface area contributed by atoms with Crippen LogP contribution in [-0.4, -0.2) is 26.4 Å². The Hall–Kier alpha value is -1.37. The summed E-state index contributed by atoms with van der Waals surface area (Å²) in [5.41, 5.74) is 0.552. The average molecular weight is 269 g/mol. The summed E-state index contributed by atoms with van der Waals surface area (Å²) in [4.78, 5) is 0. The Labute approximate surface area is 113 Å². The molecular weight excluding hydrogens is 252 g/mol. The Morgan fingerprint density at radius 1 is 1.22 bits per heavy atom. The van der Waals surface area contributed by atoms with Crippen LogP contribution in [-0.2, 0) is 11.2 Å². The van der Waals surface area contributed by atoms with Crippen LogP contribution in [0.3, 0.4) is 0 Å². The van der Waals surface area contributed by atoms with Gasteiger partial charge in [-0.05, 0) is 31.0 Å². The molecule has 1 atom stereocenters. The molecule has 0 aromatic heterocycles. The summed E-state index contributed by atoms with van der Waals surface area (Å²) in [5, 5.41) is 0. The number of rotatable bonds is 6. The fourth-order valence-electron chi connectivity index (χ4n) is 1.47. The highest BCUT2D eigenvalue weighted by Gasteiger charge is 2.05. The van der Waals surface area contributed by atoms with E-state index in [0.717, 1.165) is 12.0 Å². The van der Waals surface area contributed by atoms with Gasteiger partial charge in [-0.3, -0.25) is 0 Å². The van der Waals surface area contributed by atoms with Gasteiger partial charge >= 0.3 is 0 Å². The van der Waals surface area contributed by atoms with Crippen molar-refractivity contribution in [2.24, 2.45) is 0 Å². The third-order valence-corrected chi connectivity index (χ3v) is 2.60. The quantitative estimate of drug-likeness (QED) is 0.587. The van der Waals surface area contributed by atoms with Crippen molar-refractivity contribution in [3.05, 3.63) is 23.8 Å². The van der Waals surface area contributed by atoms with Crippen molar-refractivity contribution in [3.8, 4) is 23.3 Å². The minimum atomic E-state index is -0.546. The highest BCUT2D eigenvalue weighted by Crippen LogP contribution is 2.27. The zero-order valence-electron chi connectivity index (χ0n) is 10.8. The Morgan fingerprint density at radius 2 is 1.94 bits per heavy atom. The molecule has 0 saturated heterocycles. The van der Waals surface area contributed by atoms with Crippen LogP contribution < -0.4 is 9.47 Å². The molecule has 1 aromatic rings. The molecule has 3 nitrogen and oxygen atoms in total. The first kappa shape index (κ1) is 14.7. The van der Waals surface area contributed by atoms with E-state index in [9.17, 15) is 0 Å². The second-order valence-corrected chi connectivity index (χ2v) is 3.92. The second-order valence-electron chi connectivity index (χ2n) is 3.52. The molecule has 1 unspecified atom stereocenters. The lowest BCUT2D eigenvalue weighted by Gasteiger charge is -2.10. The van der Waals surface area contributed by atoms with E-state index < -0.39 is 5.56 Å². The standard InChI is InChI=1S/C14H17ClO3/c1-4-5-14(15)18-9-8-11-6-7-12(16-2)13(10-11)17-3/h6-7,10,14H,8-9H2,1-3H3. The highest BCUT2D eigenvalue weighted by atomic mass is 35.5. The van der Waals surface area contributed by atoms with Gasteiger partial charge in [-0.25, -0.2) is 0 Å². The normalized spacial score (nSPS) is 11.3. The third-order valence-electron chi connectivity index (χ3n) is 2.36. The summed E-state index contributed by atoms with van der Waals surface area (Å²) < 4.78 is 15.7. The Bertz CT molecular complexity index is 434. The third kappa shape index (κ3) is 4.48. The summed E-state index contributed by atoms with van der Waals surface area (Å²) in [5.74, 6) is 6.86. The van der Waals surface area contributed by atoms with E-state index in [-0.39, 0.29) is 0 Å². The molecule has 0 heterocycles. The predicted octanol–water partition coefficient (Wildman–Crippen LogP) is 2.85. The molecule has 1 rings (SSSR count). The number of hydrogen-bond acceptors (Lipinski definition) is 3. The minimum absolute atomic E-state index is 0.512. The van der Waals surface area contributed by atoms with Gasteiger partial charge in [0.25, 0.3) is 0 Å². The van der Waals surface area contributed by atoms with E-state index in [1.807, 2.05) is 18.2 Å². The fraction of sp³-hybridized carbons (Fsp3) is 0.429. The van der Waals surface area contributed by atoms with E-state index in [1.54, 1.807) is 21.1 Å². The number of methoxy groups -OCH3 is 2. The molecule has 0 aliphatic carbocycles. The molecule has 0 saturated carbocycles. The number of hydrogen-bond donors (Lipinski definition) is 0. The van der Waals surface area contributed by atoms with Crippen LogP contribution in [0.1, 0.15) is 12.5 Å². The zero-order chi connectivity index (χ0) is 13.4. The molecule has 0 amide bonds. The zero-order valence-corrected chi connectivity index (χ0v) is 11.6. The number of halogens is 1. The molecule has 0 aliphatic rings. The van der Waals surface area contributed by atoms with Gasteiger partial charge in [0.1, 0.15) is 0 Å². The van der Waals surface area contributed by atoms with Gasteiger partial charge in [-0.15, -0.1) is 5.92 Å². The van der Waals surface area contributed by atoms with Gasteiger partial charge in [0.05, 0.1) is 20.8 Å². The first-order valence-electron chi connectivity index (χ1n) is 5.60. The van der Waals surface area contributed by atoms with Crippen molar-refractivity contribution in [3.63, 3.8) is 0 Å². The number of alkyl halides is 1. The Kier molecular flexibility index (Phi) is 6.42. The van der Waals surface area contributed by atoms with Gasteiger partial charge in [0.2, 0.25) is 0 Å². The molecule has 0 radical (unpaired) electrons.